The summed E-state index contributed by atoms with van der Waals surface area (Å²) < 4.78 is 10.7. The molecule has 0 saturated heterocycles. The number of amides is 1. The molecule has 0 bridgehead atoms. The van der Waals surface area contributed by atoms with Gasteiger partial charge in [0, 0.05) is 17.4 Å². The molecule has 0 unspecified atom stereocenters. The van der Waals surface area contributed by atoms with Crippen LogP contribution in [0.4, 0.5) is 0 Å². The second-order valence-electron chi connectivity index (χ2n) is 6.71. The van der Waals surface area contributed by atoms with Gasteiger partial charge in [-0.1, -0.05) is 17.8 Å². The van der Waals surface area contributed by atoms with Crippen LogP contribution in [0.5, 0.6) is 5.75 Å². The molecule has 4 aromatic rings. The predicted octanol–water partition coefficient (Wildman–Crippen LogP) is 4.70. The number of fused-ring (bicyclic) bond motifs is 1. The lowest BCUT2D eigenvalue weighted by atomic mass is 10.1. The van der Waals surface area contributed by atoms with E-state index in [0.29, 0.717) is 17.3 Å². The molecule has 5 rings (SSSR count). The zero-order valence-corrected chi connectivity index (χ0v) is 17.7. The van der Waals surface area contributed by atoms with Crippen LogP contribution in [0.2, 0.25) is 0 Å². The zero-order chi connectivity index (χ0) is 20.5. The number of carbonyl (C=O) groups is 1. The van der Waals surface area contributed by atoms with Crippen molar-refractivity contribution in [2.75, 3.05) is 12.9 Å². The maximum absolute atomic E-state index is 13.1. The van der Waals surface area contributed by atoms with Gasteiger partial charge in [0.25, 0.3) is 5.91 Å². The van der Waals surface area contributed by atoms with Crippen LogP contribution in [-0.2, 0) is 4.79 Å². The van der Waals surface area contributed by atoms with Gasteiger partial charge in [0.15, 0.2) is 5.16 Å². The molecule has 1 amide bonds. The van der Waals surface area contributed by atoms with Gasteiger partial charge >= 0.3 is 0 Å². The van der Waals surface area contributed by atoms with Crippen molar-refractivity contribution in [2.24, 2.45) is 5.10 Å². The molecule has 0 radical (unpaired) electrons. The number of nitrogens with zero attached hydrogens (tertiary/aromatic N) is 3. The highest BCUT2D eigenvalue weighted by molar-refractivity contribution is 7.99. The van der Waals surface area contributed by atoms with E-state index in [1.54, 1.807) is 29.7 Å². The van der Waals surface area contributed by atoms with Gasteiger partial charge in [-0.05, 0) is 35.7 Å². The first-order valence-corrected chi connectivity index (χ1v) is 11.2. The van der Waals surface area contributed by atoms with E-state index in [-0.39, 0.29) is 17.7 Å². The molecule has 1 aliphatic heterocycles. The highest BCUT2D eigenvalue weighted by Gasteiger charge is 2.34. The van der Waals surface area contributed by atoms with Crippen molar-refractivity contribution >= 4 is 45.8 Å². The largest absolute Gasteiger partial charge is 0.497 e. The van der Waals surface area contributed by atoms with E-state index in [9.17, 15) is 4.79 Å². The fourth-order valence-corrected chi connectivity index (χ4v) is 4.94. The predicted molar refractivity (Wildman–Crippen MR) is 117 cm³/mol. The Morgan fingerprint density at radius 1 is 1.37 bits per heavy atom. The number of imidazole rings is 1. The molecule has 0 spiro atoms. The third-order valence-electron chi connectivity index (χ3n) is 4.84. The first kappa shape index (κ1) is 19.0. The number of nitrogens with one attached hydrogen (secondary N) is 1. The highest BCUT2D eigenvalue weighted by Crippen LogP contribution is 2.36. The van der Waals surface area contributed by atoms with E-state index >= 15 is 0 Å². The lowest BCUT2D eigenvalue weighted by Crippen LogP contribution is -2.28. The minimum atomic E-state index is -0.113. The second-order valence-corrected chi connectivity index (χ2v) is 8.65. The first-order valence-electron chi connectivity index (χ1n) is 9.34. The molecule has 1 atom stereocenters. The van der Waals surface area contributed by atoms with Gasteiger partial charge in [-0.15, -0.1) is 11.3 Å². The van der Waals surface area contributed by atoms with E-state index in [1.807, 2.05) is 47.8 Å². The lowest BCUT2D eigenvalue weighted by molar-refractivity contribution is -0.130. The quantitative estimate of drug-likeness (QED) is 0.441. The number of ether oxygens (including phenoxy) is 1. The summed E-state index contributed by atoms with van der Waals surface area (Å²) in [5.41, 5.74) is 2.49. The second kappa shape index (κ2) is 8.00. The number of benzene rings is 1. The molecule has 0 fully saturated rings. The Morgan fingerprint density at radius 3 is 3.07 bits per heavy atom. The Balaban J connectivity index is 1.34. The number of H-pyrrole nitrogens is 1. The standard InChI is InChI=1S/C21H18N4O3S2/c1-27-13-6-7-14-15(10-13)23-21(22-14)30-12-20(26)25-17(19-5-3-9-29-19)11-16(24-25)18-4-2-8-28-18/h2-10,17H,11-12H2,1H3,(H,22,23)/t17-/m1/s1. The minimum Gasteiger partial charge on any atom is -0.497 e. The third kappa shape index (κ3) is 3.61. The summed E-state index contributed by atoms with van der Waals surface area (Å²) in [4.78, 5) is 22.0. The number of hydrogen-bond acceptors (Lipinski definition) is 7. The Labute approximate surface area is 180 Å². The number of thioether (sulfide) groups is 1. The number of carbonyl (C=O) groups excluding carboxylic acids is 1. The average Bonchev–Trinajstić information content (AvgIpc) is 3.55. The summed E-state index contributed by atoms with van der Waals surface area (Å²) in [5.74, 6) is 1.62. The molecule has 7 nitrogen and oxygen atoms in total. The smallest absolute Gasteiger partial charge is 0.253 e. The summed E-state index contributed by atoms with van der Waals surface area (Å²) in [7, 11) is 1.63. The average molecular weight is 439 g/mol. The van der Waals surface area contributed by atoms with E-state index in [1.165, 1.54) is 11.8 Å². The van der Waals surface area contributed by atoms with Crippen LogP contribution in [0.15, 0.2) is 68.8 Å². The minimum absolute atomic E-state index is 0.0713. The van der Waals surface area contributed by atoms with Crippen molar-refractivity contribution in [3.05, 3.63) is 64.7 Å². The molecule has 0 saturated carbocycles. The van der Waals surface area contributed by atoms with Gasteiger partial charge in [-0.2, -0.15) is 5.10 Å². The molecule has 1 N–H and O–H groups in total. The van der Waals surface area contributed by atoms with Crippen LogP contribution in [0.3, 0.4) is 0 Å². The Kier molecular flexibility index (Phi) is 5.06. The number of hydrogen-bond donors (Lipinski definition) is 1. The normalized spacial score (nSPS) is 16.2. The molecule has 1 aromatic carbocycles. The number of rotatable bonds is 6. The fraction of sp³-hybridized carbons (Fsp3) is 0.190. The first-order chi connectivity index (χ1) is 14.7. The van der Waals surface area contributed by atoms with E-state index < -0.39 is 0 Å². The summed E-state index contributed by atoms with van der Waals surface area (Å²) in [6.45, 7) is 0. The van der Waals surface area contributed by atoms with Crippen LogP contribution >= 0.6 is 23.1 Å². The van der Waals surface area contributed by atoms with E-state index in [4.69, 9.17) is 9.15 Å². The molecular weight excluding hydrogens is 420 g/mol. The van der Waals surface area contributed by atoms with Crippen molar-refractivity contribution in [2.45, 2.75) is 17.6 Å². The van der Waals surface area contributed by atoms with Gasteiger partial charge in [0.05, 0.1) is 36.2 Å². The third-order valence-corrected chi connectivity index (χ3v) is 6.67. The van der Waals surface area contributed by atoms with Gasteiger partial charge in [-0.25, -0.2) is 9.99 Å². The molecule has 4 heterocycles. The molecule has 152 valence electrons. The summed E-state index contributed by atoms with van der Waals surface area (Å²) in [5, 5.41) is 8.89. The van der Waals surface area contributed by atoms with Crippen LogP contribution in [0, 0.1) is 0 Å². The maximum Gasteiger partial charge on any atom is 0.253 e. The number of furan rings is 1. The van der Waals surface area contributed by atoms with Crippen molar-refractivity contribution < 1.29 is 13.9 Å². The number of aromatic amines is 1. The zero-order valence-electron chi connectivity index (χ0n) is 16.1. The van der Waals surface area contributed by atoms with Crippen molar-refractivity contribution in [1.29, 1.82) is 0 Å². The Morgan fingerprint density at radius 2 is 2.30 bits per heavy atom. The van der Waals surface area contributed by atoms with Crippen molar-refractivity contribution in [3.63, 3.8) is 0 Å². The van der Waals surface area contributed by atoms with Crippen LogP contribution in [0.25, 0.3) is 11.0 Å². The van der Waals surface area contributed by atoms with E-state index in [0.717, 1.165) is 27.4 Å². The van der Waals surface area contributed by atoms with Gasteiger partial charge < -0.3 is 14.1 Å². The molecule has 3 aromatic heterocycles. The molecule has 1 aliphatic rings. The van der Waals surface area contributed by atoms with Crippen LogP contribution in [0.1, 0.15) is 23.1 Å². The topological polar surface area (TPSA) is 83.7 Å². The summed E-state index contributed by atoms with van der Waals surface area (Å²) >= 11 is 2.99. The van der Waals surface area contributed by atoms with Crippen LogP contribution < -0.4 is 4.74 Å². The van der Waals surface area contributed by atoms with E-state index in [2.05, 4.69) is 15.1 Å². The Hall–Kier alpha value is -3.04. The summed E-state index contributed by atoms with van der Waals surface area (Å²) in [6, 6.07) is 13.3. The van der Waals surface area contributed by atoms with Crippen LogP contribution in [-0.4, -0.2) is 39.5 Å². The number of thiophene rings is 1. The fourth-order valence-electron chi connectivity index (χ4n) is 3.39. The van der Waals surface area contributed by atoms with Gasteiger partial charge in [0.2, 0.25) is 0 Å². The number of methoxy groups -OCH3 is 1. The Bertz CT molecular complexity index is 1200. The van der Waals surface area contributed by atoms with Gasteiger partial charge in [-0.3, -0.25) is 4.79 Å². The molecular formula is C21H18N4O3S2. The number of hydrazone groups is 1. The molecule has 30 heavy (non-hydrogen) atoms. The van der Waals surface area contributed by atoms with Gasteiger partial charge in [0.1, 0.15) is 17.2 Å². The molecule has 9 heteroatoms. The monoisotopic (exact) mass is 438 g/mol. The SMILES string of the molecule is COc1ccc2nc(SCC(=O)N3N=C(c4ccco4)C[C@@H]3c3cccs3)[nH]c2c1. The number of aromatic nitrogens is 2. The van der Waals surface area contributed by atoms with Crippen molar-refractivity contribution in [1.82, 2.24) is 15.0 Å². The summed E-state index contributed by atoms with van der Waals surface area (Å²) in [6.07, 6.45) is 2.25. The molecule has 0 aliphatic carbocycles. The van der Waals surface area contributed by atoms with Crippen molar-refractivity contribution in [3.8, 4) is 5.75 Å². The highest BCUT2D eigenvalue weighted by atomic mass is 32.2. The maximum atomic E-state index is 13.1. The lowest BCUT2D eigenvalue weighted by Gasteiger charge is -2.20.